The van der Waals surface area contributed by atoms with Crippen LogP contribution in [0.15, 0.2) is 5.16 Å². The highest BCUT2D eigenvalue weighted by atomic mass is 32.2. The maximum Gasteiger partial charge on any atom is 0.190 e. The quantitative estimate of drug-likeness (QED) is 0.746. The minimum absolute atomic E-state index is 0.0105. The van der Waals surface area contributed by atoms with Gasteiger partial charge in [0.1, 0.15) is 5.82 Å². The van der Waals surface area contributed by atoms with Crippen LogP contribution in [-0.2, 0) is 16.9 Å². The third kappa shape index (κ3) is 4.09. The molecule has 0 spiro atoms. The van der Waals surface area contributed by atoms with Crippen LogP contribution in [0.4, 0.5) is 0 Å². The van der Waals surface area contributed by atoms with Crippen LogP contribution in [-0.4, -0.2) is 65.0 Å². The Bertz CT molecular complexity index is 644. The van der Waals surface area contributed by atoms with Gasteiger partial charge in [-0.3, -0.25) is 0 Å². The van der Waals surface area contributed by atoms with Gasteiger partial charge in [-0.25, -0.2) is 8.42 Å². The molecule has 1 aromatic rings. The Balaban J connectivity index is 1.55. The van der Waals surface area contributed by atoms with E-state index in [1.165, 1.54) is 32.2 Å². The number of aromatic nitrogens is 3. The first kappa shape index (κ1) is 17.2. The van der Waals surface area contributed by atoms with E-state index in [0.29, 0.717) is 12.5 Å². The first-order chi connectivity index (χ1) is 11.0. The molecule has 23 heavy (non-hydrogen) atoms. The van der Waals surface area contributed by atoms with Crippen molar-refractivity contribution in [3.05, 3.63) is 5.82 Å². The molecule has 3 rings (SSSR count). The molecule has 0 N–H and O–H groups in total. The topological polar surface area (TPSA) is 68.1 Å². The molecule has 6 nitrogen and oxygen atoms in total. The molecular formula is C15H26N4O2S2. The van der Waals surface area contributed by atoms with E-state index in [1.54, 1.807) is 11.8 Å². The van der Waals surface area contributed by atoms with Gasteiger partial charge in [-0.2, -0.15) is 0 Å². The lowest BCUT2D eigenvalue weighted by Gasteiger charge is -2.32. The zero-order valence-electron chi connectivity index (χ0n) is 13.9. The highest BCUT2D eigenvalue weighted by molar-refractivity contribution is 7.99. The number of piperidine rings is 1. The first-order valence-electron chi connectivity index (χ1n) is 8.39. The van der Waals surface area contributed by atoms with Crippen molar-refractivity contribution in [1.82, 2.24) is 19.7 Å². The van der Waals surface area contributed by atoms with Gasteiger partial charge in [0.25, 0.3) is 0 Å². The van der Waals surface area contributed by atoms with Gasteiger partial charge in [-0.1, -0.05) is 18.2 Å². The molecule has 2 aliphatic rings. The predicted octanol–water partition coefficient (Wildman–Crippen LogP) is 1.68. The summed E-state index contributed by atoms with van der Waals surface area (Å²) in [6.45, 7) is 1.21. The van der Waals surface area contributed by atoms with Crippen molar-refractivity contribution in [1.29, 1.82) is 0 Å². The fraction of sp³-hybridized carbons (Fsp3) is 0.867. The van der Waals surface area contributed by atoms with Crippen molar-refractivity contribution in [2.75, 3.05) is 30.9 Å². The summed E-state index contributed by atoms with van der Waals surface area (Å²) in [6, 6.07) is 0.684. The molecule has 2 fully saturated rings. The van der Waals surface area contributed by atoms with Gasteiger partial charge in [0.15, 0.2) is 15.0 Å². The monoisotopic (exact) mass is 358 g/mol. The molecule has 0 unspecified atom stereocenters. The summed E-state index contributed by atoms with van der Waals surface area (Å²) in [5.74, 6) is 2.36. The Labute approximate surface area is 142 Å². The lowest BCUT2D eigenvalue weighted by Crippen LogP contribution is -2.36. The van der Waals surface area contributed by atoms with E-state index in [-0.39, 0.29) is 17.4 Å². The number of rotatable bonds is 5. The second-order valence-corrected chi connectivity index (χ2v) is 10.1. The zero-order valence-corrected chi connectivity index (χ0v) is 15.6. The van der Waals surface area contributed by atoms with Gasteiger partial charge in [-0.15, -0.1) is 10.2 Å². The second-order valence-electron chi connectivity index (χ2n) is 6.77. The van der Waals surface area contributed by atoms with Gasteiger partial charge in [-0.05, 0) is 39.3 Å². The molecule has 0 amide bonds. The minimum atomic E-state index is -2.88. The minimum Gasteiger partial charge on any atom is -0.309 e. The van der Waals surface area contributed by atoms with Gasteiger partial charge in [0.05, 0.1) is 11.5 Å². The largest absolute Gasteiger partial charge is 0.309 e. The molecule has 2 atom stereocenters. The van der Waals surface area contributed by atoms with E-state index in [4.69, 9.17) is 0 Å². The highest BCUT2D eigenvalue weighted by Crippen LogP contribution is 2.30. The highest BCUT2D eigenvalue weighted by Gasteiger charge is 2.32. The van der Waals surface area contributed by atoms with E-state index in [0.717, 1.165) is 16.7 Å². The molecule has 2 saturated heterocycles. The van der Waals surface area contributed by atoms with Gasteiger partial charge in [0, 0.05) is 24.8 Å². The molecule has 0 bridgehead atoms. The molecule has 2 aliphatic heterocycles. The number of likely N-dealkylation sites (tertiary alicyclic amines) is 1. The van der Waals surface area contributed by atoms with Crippen LogP contribution < -0.4 is 0 Å². The lowest BCUT2D eigenvalue weighted by molar-refractivity contribution is 0.182. The smallest absolute Gasteiger partial charge is 0.190 e. The normalized spacial score (nSPS) is 28.3. The molecule has 1 aromatic heterocycles. The van der Waals surface area contributed by atoms with Gasteiger partial charge < -0.3 is 9.47 Å². The molecule has 0 aliphatic carbocycles. The third-order valence-electron chi connectivity index (χ3n) is 5.07. The standard InChI is InChI=1S/C15H26N4O2S2/c1-18-8-4-3-5-13(18)6-9-22-15-17-16-14(19(15)2)12-7-10-23(20,21)11-12/h12-13H,3-11H2,1-2H3/t12-,13-/m1/s1. The van der Waals surface area contributed by atoms with E-state index in [1.807, 2.05) is 11.6 Å². The lowest BCUT2D eigenvalue weighted by atomic mass is 10.0. The fourth-order valence-electron chi connectivity index (χ4n) is 3.60. The molecule has 0 radical (unpaired) electrons. The Morgan fingerprint density at radius 3 is 2.74 bits per heavy atom. The average Bonchev–Trinajstić information content (AvgIpc) is 3.04. The molecule has 0 saturated carbocycles. The fourth-order valence-corrected chi connectivity index (χ4v) is 6.30. The van der Waals surface area contributed by atoms with E-state index >= 15 is 0 Å². The van der Waals surface area contributed by atoms with Crippen LogP contribution in [0.3, 0.4) is 0 Å². The summed E-state index contributed by atoms with van der Waals surface area (Å²) in [5.41, 5.74) is 0. The summed E-state index contributed by atoms with van der Waals surface area (Å²) in [7, 11) is 1.29. The summed E-state index contributed by atoms with van der Waals surface area (Å²) in [5, 5.41) is 9.44. The van der Waals surface area contributed by atoms with Crippen LogP contribution in [0.1, 0.15) is 43.8 Å². The van der Waals surface area contributed by atoms with Crippen molar-refractivity contribution < 1.29 is 8.42 Å². The number of hydrogen-bond acceptors (Lipinski definition) is 6. The Kier molecular flexibility index (Phi) is 5.32. The van der Waals surface area contributed by atoms with Crippen LogP contribution in [0.5, 0.6) is 0 Å². The molecule has 3 heterocycles. The van der Waals surface area contributed by atoms with E-state index < -0.39 is 9.84 Å². The zero-order chi connectivity index (χ0) is 16.4. The summed E-state index contributed by atoms with van der Waals surface area (Å²) < 4.78 is 25.3. The second kappa shape index (κ2) is 7.11. The van der Waals surface area contributed by atoms with Crippen LogP contribution >= 0.6 is 11.8 Å². The predicted molar refractivity (Wildman–Crippen MR) is 92.6 cm³/mol. The average molecular weight is 359 g/mol. The van der Waals surface area contributed by atoms with Crippen LogP contribution in [0, 0.1) is 0 Å². The Hall–Kier alpha value is -0.600. The molecule has 0 aromatic carbocycles. The van der Waals surface area contributed by atoms with Crippen molar-refractivity contribution in [2.24, 2.45) is 7.05 Å². The van der Waals surface area contributed by atoms with Gasteiger partial charge in [0.2, 0.25) is 0 Å². The van der Waals surface area contributed by atoms with Crippen molar-refractivity contribution in [3.8, 4) is 0 Å². The van der Waals surface area contributed by atoms with Crippen LogP contribution in [0.25, 0.3) is 0 Å². The first-order valence-corrected chi connectivity index (χ1v) is 11.2. The summed E-state index contributed by atoms with van der Waals surface area (Å²) in [6.07, 6.45) is 5.79. The molecule has 130 valence electrons. The maximum atomic E-state index is 11.6. The number of thioether (sulfide) groups is 1. The SMILES string of the molecule is CN1CCCC[C@@H]1CCSc1nnc([C@@H]2CCS(=O)(=O)C2)n1C. The van der Waals surface area contributed by atoms with Gasteiger partial charge >= 0.3 is 0 Å². The Morgan fingerprint density at radius 2 is 2.04 bits per heavy atom. The summed E-state index contributed by atoms with van der Waals surface area (Å²) in [4.78, 5) is 2.47. The molecular weight excluding hydrogens is 332 g/mol. The number of sulfone groups is 1. The Morgan fingerprint density at radius 1 is 1.22 bits per heavy atom. The molecule has 8 heteroatoms. The van der Waals surface area contributed by atoms with Crippen molar-refractivity contribution >= 4 is 21.6 Å². The summed E-state index contributed by atoms with van der Waals surface area (Å²) >= 11 is 1.74. The van der Waals surface area contributed by atoms with E-state index in [9.17, 15) is 8.42 Å². The van der Waals surface area contributed by atoms with Crippen LogP contribution in [0.2, 0.25) is 0 Å². The van der Waals surface area contributed by atoms with E-state index in [2.05, 4.69) is 22.1 Å². The van der Waals surface area contributed by atoms with Crippen molar-refractivity contribution in [2.45, 2.75) is 49.2 Å². The van der Waals surface area contributed by atoms with Crippen molar-refractivity contribution in [3.63, 3.8) is 0 Å². The maximum absolute atomic E-state index is 11.6. The number of nitrogens with zero attached hydrogens (tertiary/aromatic N) is 4. The third-order valence-corrected chi connectivity index (χ3v) is 7.89. The number of hydrogen-bond donors (Lipinski definition) is 0.